The zero-order valence-corrected chi connectivity index (χ0v) is 14.3. The Labute approximate surface area is 143 Å². The van der Waals surface area contributed by atoms with Gasteiger partial charge in [0.05, 0.1) is 13.2 Å². The summed E-state index contributed by atoms with van der Waals surface area (Å²) in [6.45, 7) is 3.66. The van der Waals surface area contributed by atoms with Crippen LogP contribution in [0, 0.1) is 0 Å². The monoisotopic (exact) mass is 324 g/mol. The van der Waals surface area contributed by atoms with Gasteiger partial charge in [-0.2, -0.15) is 0 Å². The lowest BCUT2D eigenvalue weighted by molar-refractivity contribution is 0.0951. The minimum atomic E-state index is -0.185. The highest BCUT2D eigenvalue weighted by molar-refractivity contribution is 6.00. The topological polar surface area (TPSA) is 50.4 Å². The number of methoxy groups -OCH3 is 1. The van der Waals surface area contributed by atoms with Crippen molar-refractivity contribution in [1.82, 2.24) is 5.32 Å². The largest absolute Gasteiger partial charge is 0.497 e. The number of fused-ring (bicyclic) bond motifs is 1. The molecule has 1 atom stereocenters. The van der Waals surface area contributed by atoms with Gasteiger partial charge in [-0.3, -0.25) is 4.79 Å². The number of ketones is 1. The van der Waals surface area contributed by atoms with Crippen molar-refractivity contribution in [2.24, 2.45) is 0 Å². The third-order valence-corrected chi connectivity index (χ3v) is 4.52. The van der Waals surface area contributed by atoms with Crippen molar-refractivity contribution >= 4 is 11.5 Å². The molecular weight excluding hydrogens is 300 g/mol. The summed E-state index contributed by atoms with van der Waals surface area (Å²) in [5, 5.41) is 6.65. The van der Waals surface area contributed by atoms with Crippen LogP contribution in [0.25, 0.3) is 0 Å². The summed E-state index contributed by atoms with van der Waals surface area (Å²) in [4.78, 5) is 12.6. The van der Waals surface area contributed by atoms with Gasteiger partial charge in [0.1, 0.15) is 5.75 Å². The fraction of sp³-hybridized carbons (Fsp3) is 0.350. The van der Waals surface area contributed by atoms with Gasteiger partial charge < -0.3 is 15.4 Å². The molecule has 0 saturated heterocycles. The first kappa shape index (κ1) is 16.5. The van der Waals surface area contributed by atoms with Crippen LogP contribution in [-0.4, -0.2) is 32.0 Å². The molecule has 126 valence electrons. The minimum absolute atomic E-state index is 0.152. The first-order valence-electron chi connectivity index (χ1n) is 8.44. The van der Waals surface area contributed by atoms with E-state index in [-0.39, 0.29) is 11.8 Å². The van der Waals surface area contributed by atoms with Crippen LogP contribution in [-0.2, 0) is 12.8 Å². The molecule has 1 aliphatic heterocycles. The predicted octanol–water partition coefficient (Wildman–Crippen LogP) is 3.07. The normalized spacial score (nSPS) is 13.9. The molecule has 0 spiro atoms. The molecule has 4 nitrogen and oxygen atoms in total. The smallest absolute Gasteiger partial charge is 0.179 e. The van der Waals surface area contributed by atoms with E-state index in [1.165, 1.54) is 11.1 Å². The second-order valence-electron chi connectivity index (χ2n) is 6.19. The van der Waals surface area contributed by atoms with Crippen molar-refractivity contribution in [3.63, 3.8) is 0 Å². The van der Waals surface area contributed by atoms with Crippen LogP contribution in [0.2, 0.25) is 0 Å². The fourth-order valence-corrected chi connectivity index (χ4v) is 3.03. The molecule has 1 heterocycles. The number of carbonyl (C=O) groups is 1. The molecular formula is C20H24N2O2. The van der Waals surface area contributed by atoms with E-state index in [2.05, 4.69) is 22.8 Å². The first-order valence-corrected chi connectivity index (χ1v) is 8.44. The molecule has 1 aliphatic rings. The van der Waals surface area contributed by atoms with Crippen LogP contribution in [0.1, 0.15) is 28.4 Å². The van der Waals surface area contributed by atoms with Crippen molar-refractivity contribution < 1.29 is 9.53 Å². The first-order chi connectivity index (χ1) is 11.7. The lowest BCUT2D eigenvalue weighted by Crippen LogP contribution is -2.35. The van der Waals surface area contributed by atoms with E-state index in [0.717, 1.165) is 42.9 Å². The van der Waals surface area contributed by atoms with Crippen LogP contribution < -0.4 is 15.4 Å². The number of nitrogens with one attached hydrogen (secondary N) is 2. The molecule has 0 fully saturated rings. The predicted molar refractivity (Wildman–Crippen MR) is 97.1 cm³/mol. The Balaban J connectivity index is 1.52. The standard InChI is InChI=1S/C20H24N2O2/c1-14(21-11-9-15-3-6-18(24-2)7-4-15)20(23)17-5-8-19-16(13-17)10-12-22-19/h3-8,13-14,21-22H,9-12H2,1-2H3. The van der Waals surface area contributed by atoms with Gasteiger partial charge in [-0.15, -0.1) is 0 Å². The van der Waals surface area contributed by atoms with Gasteiger partial charge >= 0.3 is 0 Å². The molecule has 4 heteroatoms. The zero-order valence-electron chi connectivity index (χ0n) is 14.3. The average molecular weight is 324 g/mol. The molecule has 2 N–H and O–H groups in total. The van der Waals surface area contributed by atoms with Crippen LogP contribution in [0.5, 0.6) is 5.75 Å². The van der Waals surface area contributed by atoms with Crippen molar-refractivity contribution in [2.75, 3.05) is 25.5 Å². The number of hydrogen-bond donors (Lipinski definition) is 2. The summed E-state index contributed by atoms with van der Waals surface area (Å²) < 4.78 is 5.16. The molecule has 0 amide bonds. The van der Waals surface area contributed by atoms with E-state index in [1.807, 2.05) is 37.3 Å². The van der Waals surface area contributed by atoms with Crippen molar-refractivity contribution in [3.8, 4) is 5.75 Å². The fourth-order valence-electron chi connectivity index (χ4n) is 3.03. The third-order valence-electron chi connectivity index (χ3n) is 4.52. The number of anilines is 1. The number of rotatable bonds is 7. The quantitative estimate of drug-likeness (QED) is 0.769. The van der Waals surface area contributed by atoms with Gasteiger partial charge in [-0.05, 0) is 67.8 Å². The summed E-state index contributed by atoms with van der Waals surface area (Å²) in [7, 11) is 1.67. The number of carbonyl (C=O) groups excluding carboxylic acids is 1. The highest BCUT2D eigenvalue weighted by atomic mass is 16.5. The average Bonchev–Trinajstić information content (AvgIpc) is 3.09. The molecule has 1 unspecified atom stereocenters. The maximum atomic E-state index is 12.6. The highest BCUT2D eigenvalue weighted by Gasteiger charge is 2.17. The highest BCUT2D eigenvalue weighted by Crippen LogP contribution is 2.23. The molecule has 0 aliphatic carbocycles. The van der Waals surface area contributed by atoms with E-state index in [1.54, 1.807) is 7.11 Å². The molecule has 0 radical (unpaired) electrons. The van der Waals surface area contributed by atoms with Gasteiger partial charge in [0.2, 0.25) is 0 Å². The van der Waals surface area contributed by atoms with Crippen LogP contribution in [0.3, 0.4) is 0 Å². The van der Waals surface area contributed by atoms with E-state index >= 15 is 0 Å². The van der Waals surface area contributed by atoms with Gasteiger partial charge in [-0.1, -0.05) is 12.1 Å². The molecule has 0 aromatic heterocycles. The zero-order chi connectivity index (χ0) is 16.9. The molecule has 24 heavy (non-hydrogen) atoms. The van der Waals surface area contributed by atoms with Gasteiger partial charge in [-0.25, -0.2) is 0 Å². The van der Waals surface area contributed by atoms with Gasteiger partial charge in [0.25, 0.3) is 0 Å². The van der Waals surface area contributed by atoms with E-state index < -0.39 is 0 Å². The number of hydrogen-bond acceptors (Lipinski definition) is 4. The SMILES string of the molecule is COc1ccc(CCNC(C)C(=O)c2ccc3c(c2)CCN3)cc1. The van der Waals surface area contributed by atoms with E-state index in [9.17, 15) is 4.79 Å². The number of Topliss-reactive ketones (excluding diaryl/α,β-unsaturated/α-hetero) is 1. The summed E-state index contributed by atoms with van der Waals surface area (Å²) in [6, 6.07) is 13.8. The lowest BCUT2D eigenvalue weighted by atomic mass is 10.0. The minimum Gasteiger partial charge on any atom is -0.497 e. The Morgan fingerprint density at radius 3 is 2.79 bits per heavy atom. The Morgan fingerprint density at radius 2 is 2.04 bits per heavy atom. The van der Waals surface area contributed by atoms with Crippen LogP contribution in [0.15, 0.2) is 42.5 Å². The van der Waals surface area contributed by atoms with E-state index in [4.69, 9.17) is 4.74 Å². The third kappa shape index (κ3) is 3.77. The number of ether oxygens (including phenoxy) is 1. The molecule has 0 saturated carbocycles. The molecule has 3 rings (SSSR count). The van der Waals surface area contributed by atoms with Gasteiger partial charge in [0, 0.05) is 17.8 Å². The molecule has 0 bridgehead atoms. The summed E-state index contributed by atoms with van der Waals surface area (Å²) >= 11 is 0. The van der Waals surface area contributed by atoms with Crippen LogP contribution >= 0.6 is 0 Å². The summed E-state index contributed by atoms with van der Waals surface area (Å²) in [5.41, 5.74) is 4.42. The van der Waals surface area contributed by atoms with Crippen LogP contribution in [0.4, 0.5) is 5.69 Å². The second-order valence-corrected chi connectivity index (χ2v) is 6.19. The van der Waals surface area contributed by atoms with Crippen molar-refractivity contribution in [3.05, 3.63) is 59.2 Å². The number of benzene rings is 2. The molecule has 2 aromatic rings. The maximum Gasteiger partial charge on any atom is 0.179 e. The Kier molecular flexibility index (Phi) is 5.16. The van der Waals surface area contributed by atoms with E-state index in [0.29, 0.717) is 0 Å². The lowest BCUT2D eigenvalue weighted by Gasteiger charge is -2.14. The molecule has 2 aromatic carbocycles. The Morgan fingerprint density at radius 1 is 1.25 bits per heavy atom. The Bertz CT molecular complexity index is 710. The van der Waals surface area contributed by atoms with Gasteiger partial charge in [0.15, 0.2) is 5.78 Å². The maximum absolute atomic E-state index is 12.6. The summed E-state index contributed by atoms with van der Waals surface area (Å²) in [6.07, 6.45) is 1.88. The second kappa shape index (κ2) is 7.49. The van der Waals surface area contributed by atoms with Crippen molar-refractivity contribution in [2.45, 2.75) is 25.8 Å². The van der Waals surface area contributed by atoms with Crippen molar-refractivity contribution in [1.29, 1.82) is 0 Å². The Hall–Kier alpha value is -2.33. The summed E-state index contributed by atoms with van der Waals surface area (Å²) in [5.74, 6) is 1.01.